The van der Waals surface area contributed by atoms with Gasteiger partial charge < -0.3 is 10.2 Å². The largest absolute Gasteiger partial charge is 0.349 e. The summed E-state index contributed by atoms with van der Waals surface area (Å²) in [6.07, 6.45) is 2.90. The van der Waals surface area contributed by atoms with Crippen LogP contribution in [-0.4, -0.2) is 41.3 Å². The zero-order valence-electron chi connectivity index (χ0n) is 11.9. The first kappa shape index (κ1) is 13.5. The summed E-state index contributed by atoms with van der Waals surface area (Å²) >= 11 is 0. The summed E-state index contributed by atoms with van der Waals surface area (Å²) in [5.74, 6) is -0.0580. The van der Waals surface area contributed by atoms with Crippen LogP contribution in [-0.2, 0) is 4.79 Å². The lowest BCUT2D eigenvalue weighted by atomic mass is 10.0. The molecule has 21 heavy (non-hydrogen) atoms. The first-order valence-electron chi connectivity index (χ1n) is 7.03. The van der Waals surface area contributed by atoms with E-state index in [4.69, 9.17) is 0 Å². The molecule has 2 aromatic rings. The molecule has 1 aliphatic rings. The van der Waals surface area contributed by atoms with Gasteiger partial charge in [0.15, 0.2) is 0 Å². The van der Waals surface area contributed by atoms with Crippen LogP contribution in [0.5, 0.6) is 0 Å². The predicted octanol–water partition coefficient (Wildman–Crippen LogP) is 1.59. The number of nitrogens with one attached hydrogen (secondary N) is 1. The minimum Gasteiger partial charge on any atom is -0.349 e. The van der Waals surface area contributed by atoms with E-state index in [9.17, 15) is 9.59 Å². The Labute approximate surface area is 123 Å². The second-order valence-corrected chi connectivity index (χ2v) is 5.39. The molecular formula is C16H17N3O2. The van der Waals surface area contributed by atoms with Gasteiger partial charge in [-0.3, -0.25) is 14.6 Å². The molecule has 1 aliphatic heterocycles. The van der Waals surface area contributed by atoms with Crippen molar-refractivity contribution in [1.29, 1.82) is 0 Å². The van der Waals surface area contributed by atoms with Gasteiger partial charge in [-0.15, -0.1) is 0 Å². The van der Waals surface area contributed by atoms with Crippen molar-refractivity contribution in [2.24, 2.45) is 0 Å². The van der Waals surface area contributed by atoms with Crippen molar-refractivity contribution in [2.75, 3.05) is 13.6 Å². The third kappa shape index (κ3) is 2.86. The van der Waals surface area contributed by atoms with Crippen LogP contribution in [0.15, 0.2) is 36.5 Å². The molecule has 1 unspecified atom stereocenters. The summed E-state index contributed by atoms with van der Waals surface area (Å²) in [5, 5.41) is 3.88. The van der Waals surface area contributed by atoms with Gasteiger partial charge in [-0.2, -0.15) is 0 Å². The molecule has 0 radical (unpaired) electrons. The Morgan fingerprint density at radius 2 is 2.24 bits per heavy atom. The van der Waals surface area contributed by atoms with E-state index in [1.165, 1.54) is 0 Å². The normalized spacial score (nSPS) is 18.8. The Hall–Kier alpha value is -2.43. The van der Waals surface area contributed by atoms with Crippen LogP contribution in [0.3, 0.4) is 0 Å². The fourth-order valence-corrected chi connectivity index (χ4v) is 2.55. The third-order valence-electron chi connectivity index (χ3n) is 3.86. The summed E-state index contributed by atoms with van der Waals surface area (Å²) < 4.78 is 0. The Bertz CT molecular complexity index is 699. The summed E-state index contributed by atoms with van der Waals surface area (Å²) in [4.78, 5) is 29.9. The number of pyridine rings is 1. The van der Waals surface area contributed by atoms with Crippen molar-refractivity contribution in [3.63, 3.8) is 0 Å². The summed E-state index contributed by atoms with van der Waals surface area (Å²) in [7, 11) is 1.79. The summed E-state index contributed by atoms with van der Waals surface area (Å²) in [5.41, 5.74) is 1.46. The topological polar surface area (TPSA) is 62.3 Å². The second kappa shape index (κ2) is 5.52. The van der Waals surface area contributed by atoms with Crippen LogP contribution in [0.1, 0.15) is 23.2 Å². The molecule has 1 N–H and O–H groups in total. The molecular weight excluding hydrogens is 266 g/mol. The molecule has 108 valence electrons. The van der Waals surface area contributed by atoms with Crippen molar-refractivity contribution in [2.45, 2.75) is 18.9 Å². The fraction of sp³-hybridized carbons (Fsp3) is 0.312. The molecule has 1 saturated heterocycles. The molecule has 2 heterocycles. The smallest absolute Gasteiger partial charge is 0.251 e. The van der Waals surface area contributed by atoms with Gasteiger partial charge in [0.1, 0.15) is 0 Å². The molecule has 1 aromatic heterocycles. The Balaban J connectivity index is 1.73. The van der Waals surface area contributed by atoms with Gasteiger partial charge in [-0.25, -0.2) is 0 Å². The molecule has 0 saturated carbocycles. The van der Waals surface area contributed by atoms with Gasteiger partial charge in [-0.1, -0.05) is 6.07 Å². The molecule has 0 aliphatic carbocycles. The SMILES string of the molecule is CN1CCC(NC(=O)c2ccc3ncccc3c2)CC1=O. The number of fused-ring (bicyclic) bond motifs is 1. The maximum atomic E-state index is 12.3. The Morgan fingerprint density at radius 3 is 3.05 bits per heavy atom. The molecule has 0 spiro atoms. The minimum absolute atomic E-state index is 0.0780. The number of carbonyl (C=O) groups excluding carboxylic acids is 2. The predicted molar refractivity (Wildman–Crippen MR) is 79.9 cm³/mol. The molecule has 2 amide bonds. The van der Waals surface area contributed by atoms with Crippen LogP contribution >= 0.6 is 0 Å². The molecule has 5 nitrogen and oxygen atoms in total. The molecule has 0 bridgehead atoms. The lowest BCUT2D eigenvalue weighted by Crippen LogP contribution is -2.46. The van der Waals surface area contributed by atoms with Crippen molar-refractivity contribution in [3.05, 3.63) is 42.1 Å². The maximum Gasteiger partial charge on any atom is 0.251 e. The average molecular weight is 283 g/mol. The van der Waals surface area contributed by atoms with Crippen LogP contribution in [0.25, 0.3) is 10.9 Å². The quantitative estimate of drug-likeness (QED) is 0.910. The van der Waals surface area contributed by atoms with Gasteiger partial charge in [-0.05, 0) is 30.7 Å². The van der Waals surface area contributed by atoms with Crippen molar-refractivity contribution < 1.29 is 9.59 Å². The number of piperidine rings is 1. The highest BCUT2D eigenvalue weighted by molar-refractivity contribution is 5.98. The number of nitrogens with zero attached hydrogens (tertiary/aromatic N) is 2. The highest BCUT2D eigenvalue weighted by Gasteiger charge is 2.24. The van der Waals surface area contributed by atoms with E-state index < -0.39 is 0 Å². The van der Waals surface area contributed by atoms with Crippen molar-refractivity contribution in [3.8, 4) is 0 Å². The van der Waals surface area contributed by atoms with Gasteiger partial charge in [0.2, 0.25) is 5.91 Å². The van der Waals surface area contributed by atoms with E-state index in [1.54, 1.807) is 24.2 Å². The summed E-state index contributed by atoms with van der Waals surface area (Å²) in [6, 6.07) is 9.13. The molecule has 1 aromatic carbocycles. The van der Waals surface area contributed by atoms with Crippen molar-refractivity contribution in [1.82, 2.24) is 15.2 Å². The summed E-state index contributed by atoms with van der Waals surface area (Å²) in [6.45, 7) is 0.686. The van der Waals surface area contributed by atoms with E-state index in [0.29, 0.717) is 18.5 Å². The minimum atomic E-state index is -0.136. The average Bonchev–Trinajstić information content (AvgIpc) is 2.50. The lowest BCUT2D eigenvalue weighted by Gasteiger charge is -2.29. The third-order valence-corrected chi connectivity index (χ3v) is 3.86. The molecule has 1 atom stereocenters. The van der Waals surface area contributed by atoms with Gasteiger partial charge in [0, 0.05) is 43.2 Å². The standard InChI is InChI=1S/C16H17N3O2/c1-19-8-6-13(10-15(19)20)18-16(21)12-4-5-14-11(9-12)3-2-7-17-14/h2-5,7,9,13H,6,8,10H2,1H3,(H,18,21). The second-order valence-electron chi connectivity index (χ2n) is 5.39. The zero-order valence-corrected chi connectivity index (χ0v) is 11.9. The van der Waals surface area contributed by atoms with Crippen LogP contribution in [0.4, 0.5) is 0 Å². The van der Waals surface area contributed by atoms with Gasteiger partial charge >= 0.3 is 0 Å². The van der Waals surface area contributed by atoms with Crippen LogP contribution in [0, 0.1) is 0 Å². The number of rotatable bonds is 2. The number of likely N-dealkylation sites (tertiary alicyclic amines) is 1. The molecule has 1 fully saturated rings. The van der Waals surface area contributed by atoms with Crippen LogP contribution in [0.2, 0.25) is 0 Å². The lowest BCUT2D eigenvalue weighted by molar-refractivity contribution is -0.132. The number of carbonyl (C=O) groups is 2. The highest BCUT2D eigenvalue weighted by Crippen LogP contribution is 2.15. The number of hydrogen-bond donors (Lipinski definition) is 1. The highest BCUT2D eigenvalue weighted by atomic mass is 16.2. The number of aromatic nitrogens is 1. The first-order chi connectivity index (χ1) is 10.1. The number of hydrogen-bond acceptors (Lipinski definition) is 3. The Morgan fingerprint density at radius 1 is 1.38 bits per heavy atom. The number of amides is 2. The Kier molecular flexibility index (Phi) is 3.56. The monoisotopic (exact) mass is 283 g/mol. The van der Waals surface area contributed by atoms with E-state index in [2.05, 4.69) is 10.3 Å². The number of benzene rings is 1. The van der Waals surface area contributed by atoms with E-state index in [-0.39, 0.29) is 17.9 Å². The van der Waals surface area contributed by atoms with Gasteiger partial charge in [0.05, 0.1) is 5.52 Å². The fourth-order valence-electron chi connectivity index (χ4n) is 2.55. The van der Waals surface area contributed by atoms with E-state index in [0.717, 1.165) is 17.3 Å². The first-order valence-corrected chi connectivity index (χ1v) is 7.03. The van der Waals surface area contributed by atoms with E-state index in [1.807, 2.05) is 24.3 Å². The van der Waals surface area contributed by atoms with Crippen LogP contribution < -0.4 is 5.32 Å². The van der Waals surface area contributed by atoms with Crippen molar-refractivity contribution >= 4 is 22.7 Å². The molecule has 5 heteroatoms. The van der Waals surface area contributed by atoms with Gasteiger partial charge in [0.25, 0.3) is 5.91 Å². The zero-order chi connectivity index (χ0) is 14.8. The maximum absolute atomic E-state index is 12.3. The molecule has 3 rings (SSSR count). The van der Waals surface area contributed by atoms with E-state index >= 15 is 0 Å².